The molecule has 0 radical (unpaired) electrons. The Morgan fingerprint density at radius 1 is 0.719 bits per heavy atom. The van der Waals surface area contributed by atoms with Crippen LogP contribution in [-0.2, 0) is 0 Å². The van der Waals surface area contributed by atoms with Gasteiger partial charge in [0.1, 0.15) is 0 Å². The van der Waals surface area contributed by atoms with Crippen molar-refractivity contribution in [3.63, 3.8) is 0 Å². The smallest absolute Gasteiger partial charge is 0.170 e. The summed E-state index contributed by atoms with van der Waals surface area (Å²) in [5.41, 5.74) is 3.71. The zero-order valence-corrected chi connectivity index (χ0v) is 20.1. The van der Waals surface area contributed by atoms with Crippen molar-refractivity contribution < 1.29 is 0 Å². The molecule has 0 amide bonds. The van der Waals surface area contributed by atoms with Crippen molar-refractivity contribution >= 4 is 42.6 Å². The van der Waals surface area contributed by atoms with Gasteiger partial charge in [-0.15, -0.1) is 0 Å². The van der Waals surface area contributed by atoms with Crippen LogP contribution in [0.1, 0.15) is 19.3 Å². The van der Waals surface area contributed by atoms with Crippen molar-refractivity contribution in [1.29, 1.82) is 0 Å². The lowest BCUT2D eigenvalue weighted by molar-refractivity contribution is 0.700. The molecule has 0 saturated carbocycles. The van der Waals surface area contributed by atoms with Gasteiger partial charge in [0.25, 0.3) is 0 Å². The van der Waals surface area contributed by atoms with Gasteiger partial charge in [-0.2, -0.15) is 0 Å². The molecule has 1 aliphatic heterocycles. The Bertz CT molecular complexity index is 908. The van der Waals surface area contributed by atoms with Gasteiger partial charge in [-0.1, -0.05) is 61.0 Å². The molecule has 6 heteroatoms. The van der Waals surface area contributed by atoms with Crippen LogP contribution >= 0.6 is 20.4 Å². The van der Waals surface area contributed by atoms with E-state index in [-0.39, 0.29) is 8.22 Å². The minimum atomic E-state index is -0.383. The molecule has 0 unspecified atom stereocenters. The maximum absolute atomic E-state index is 5.41. The average molecular weight is 463 g/mol. The van der Waals surface area contributed by atoms with Crippen LogP contribution in [0.5, 0.6) is 0 Å². The third kappa shape index (κ3) is 6.21. The topological polar surface area (TPSA) is 30.5 Å². The highest BCUT2D eigenvalue weighted by molar-refractivity contribution is 7.80. The first-order valence-corrected chi connectivity index (χ1v) is 13.2. The lowest BCUT2D eigenvalue weighted by atomic mass is 10.2. The van der Waals surface area contributed by atoms with E-state index in [1.165, 1.54) is 30.4 Å². The fourth-order valence-corrected chi connectivity index (χ4v) is 6.88. The number of rotatable bonds is 9. The number of para-hydroxylation sites is 3. The van der Waals surface area contributed by atoms with Crippen molar-refractivity contribution in [2.75, 3.05) is 40.5 Å². The van der Waals surface area contributed by atoms with Crippen LogP contribution in [0, 0.1) is 0 Å². The number of thiocarbonyl (C=S) groups is 1. The maximum Gasteiger partial charge on any atom is 0.170 e. The molecule has 0 aliphatic carbocycles. The van der Waals surface area contributed by atoms with E-state index >= 15 is 0 Å². The van der Waals surface area contributed by atoms with E-state index in [1.807, 2.05) is 30.3 Å². The summed E-state index contributed by atoms with van der Waals surface area (Å²) in [5.74, 6) is 0. The summed E-state index contributed by atoms with van der Waals surface area (Å²) in [6, 6.07) is 31.8. The summed E-state index contributed by atoms with van der Waals surface area (Å²) in [6.45, 7) is 3.08. The molecule has 0 atom stereocenters. The molecule has 4 rings (SSSR count). The largest absolute Gasteiger partial charge is 0.362 e. The van der Waals surface area contributed by atoms with Crippen LogP contribution in [0.25, 0.3) is 0 Å². The summed E-state index contributed by atoms with van der Waals surface area (Å²) in [6.07, 6.45) is 4.76. The van der Waals surface area contributed by atoms with Crippen LogP contribution in [0.15, 0.2) is 91.0 Å². The highest BCUT2D eigenvalue weighted by Gasteiger charge is 2.32. The predicted molar refractivity (Wildman–Crippen MR) is 144 cm³/mol. The molecule has 0 spiro atoms. The quantitative estimate of drug-likeness (QED) is 0.216. The molecule has 3 aromatic carbocycles. The fraction of sp³-hybridized carbons (Fsp3) is 0.269. The predicted octanol–water partition coefficient (Wildman–Crippen LogP) is 6.48. The molecule has 1 heterocycles. The van der Waals surface area contributed by atoms with E-state index in [2.05, 4.69) is 80.6 Å². The van der Waals surface area contributed by atoms with Crippen molar-refractivity contribution in [2.45, 2.75) is 19.3 Å². The standard InChI is InChI=1S/C26H31N4PS/c32-26(28-23-13-5-1-6-14-23)27-19-11-4-12-22-31-29(24-15-7-2-8-16-24)20-21-30(31)25-17-9-3-10-18-25/h1-3,5-10,13-18H,4,11-12,19-22H2,(H2,27,28,32). The van der Waals surface area contributed by atoms with Crippen molar-refractivity contribution in [3.8, 4) is 0 Å². The van der Waals surface area contributed by atoms with Crippen molar-refractivity contribution in [2.24, 2.45) is 0 Å². The lowest BCUT2D eigenvalue weighted by Gasteiger charge is -2.32. The first-order valence-electron chi connectivity index (χ1n) is 11.3. The minimum absolute atomic E-state index is 0.383. The molecule has 0 aromatic heterocycles. The second-order valence-electron chi connectivity index (χ2n) is 7.82. The Hall–Kier alpha value is -2.62. The summed E-state index contributed by atoms with van der Waals surface area (Å²) >= 11 is 5.41. The van der Waals surface area contributed by atoms with Gasteiger partial charge in [-0.05, 0) is 61.5 Å². The van der Waals surface area contributed by atoms with Gasteiger partial charge in [0.15, 0.2) is 5.11 Å². The second-order valence-corrected chi connectivity index (χ2v) is 10.4. The highest BCUT2D eigenvalue weighted by Crippen LogP contribution is 2.53. The third-order valence-electron chi connectivity index (χ3n) is 5.54. The maximum atomic E-state index is 5.41. The van der Waals surface area contributed by atoms with E-state index in [1.54, 1.807) is 0 Å². The molecule has 1 saturated heterocycles. The molecule has 166 valence electrons. The number of benzene rings is 3. The lowest BCUT2D eigenvalue weighted by Crippen LogP contribution is -2.29. The number of nitrogens with zero attached hydrogens (tertiary/aromatic N) is 2. The number of anilines is 3. The van der Waals surface area contributed by atoms with Gasteiger partial charge in [-0.3, -0.25) is 0 Å². The number of hydrogen-bond acceptors (Lipinski definition) is 3. The van der Waals surface area contributed by atoms with Crippen LogP contribution in [-0.4, -0.2) is 30.9 Å². The fourth-order valence-electron chi connectivity index (χ4n) is 3.97. The van der Waals surface area contributed by atoms with Gasteiger partial charge < -0.3 is 20.0 Å². The summed E-state index contributed by atoms with van der Waals surface area (Å²) in [5, 5.41) is 7.27. The molecule has 0 bridgehead atoms. The average Bonchev–Trinajstić information content (AvgIpc) is 3.27. The summed E-state index contributed by atoms with van der Waals surface area (Å²) in [4.78, 5) is 0. The van der Waals surface area contributed by atoms with E-state index in [0.29, 0.717) is 5.11 Å². The first-order chi connectivity index (χ1) is 15.8. The molecule has 3 aromatic rings. The Labute approximate surface area is 198 Å². The summed E-state index contributed by atoms with van der Waals surface area (Å²) < 4.78 is 5.25. The highest BCUT2D eigenvalue weighted by atomic mass is 32.1. The first kappa shape index (κ1) is 22.6. The zero-order chi connectivity index (χ0) is 22.0. The Kier molecular flexibility index (Phi) is 8.35. The van der Waals surface area contributed by atoms with E-state index in [4.69, 9.17) is 12.2 Å². The van der Waals surface area contributed by atoms with E-state index in [0.717, 1.165) is 31.7 Å². The SMILES string of the molecule is S=C(NCCCCCP1N(c2ccccc2)CCN1c1ccccc1)Nc1ccccc1. The van der Waals surface area contributed by atoms with Gasteiger partial charge in [0, 0.05) is 42.9 Å². The second kappa shape index (κ2) is 11.8. The molecule has 2 N–H and O–H groups in total. The van der Waals surface area contributed by atoms with Gasteiger partial charge >= 0.3 is 0 Å². The Morgan fingerprint density at radius 2 is 1.25 bits per heavy atom. The Morgan fingerprint density at radius 3 is 1.81 bits per heavy atom. The van der Waals surface area contributed by atoms with Crippen LogP contribution in [0.4, 0.5) is 17.1 Å². The number of unbranched alkanes of at least 4 members (excludes halogenated alkanes) is 2. The van der Waals surface area contributed by atoms with E-state index in [9.17, 15) is 0 Å². The van der Waals surface area contributed by atoms with Crippen molar-refractivity contribution in [3.05, 3.63) is 91.0 Å². The van der Waals surface area contributed by atoms with Crippen LogP contribution in [0.2, 0.25) is 0 Å². The van der Waals surface area contributed by atoms with Crippen LogP contribution < -0.4 is 20.0 Å². The van der Waals surface area contributed by atoms with E-state index < -0.39 is 0 Å². The third-order valence-corrected chi connectivity index (χ3v) is 8.48. The molecule has 1 aliphatic rings. The van der Waals surface area contributed by atoms with Gasteiger partial charge in [0.05, 0.1) is 8.22 Å². The Balaban J connectivity index is 1.26. The minimum Gasteiger partial charge on any atom is -0.362 e. The molecule has 1 fully saturated rings. The molecule has 32 heavy (non-hydrogen) atoms. The molecular formula is C26H31N4PS. The zero-order valence-electron chi connectivity index (χ0n) is 18.4. The number of hydrogen-bond donors (Lipinski definition) is 2. The molecular weight excluding hydrogens is 431 g/mol. The van der Waals surface area contributed by atoms with Gasteiger partial charge in [-0.25, -0.2) is 0 Å². The molecule has 4 nitrogen and oxygen atoms in total. The van der Waals surface area contributed by atoms with Crippen LogP contribution in [0.3, 0.4) is 0 Å². The van der Waals surface area contributed by atoms with Gasteiger partial charge in [0.2, 0.25) is 0 Å². The summed E-state index contributed by atoms with van der Waals surface area (Å²) in [7, 11) is -0.383. The number of nitrogens with one attached hydrogen (secondary N) is 2. The normalized spacial score (nSPS) is 13.9. The van der Waals surface area contributed by atoms with Crippen molar-refractivity contribution in [1.82, 2.24) is 5.32 Å². The monoisotopic (exact) mass is 462 g/mol.